The van der Waals surface area contributed by atoms with Crippen LogP contribution in [0.1, 0.15) is 37.8 Å². The van der Waals surface area contributed by atoms with Gasteiger partial charge in [-0.2, -0.15) is 0 Å². The molecular weight excluding hydrogens is 254 g/mol. The summed E-state index contributed by atoms with van der Waals surface area (Å²) >= 11 is 0. The first-order chi connectivity index (χ1) is 9.67. The topological polar surface area (TPSA) is 53.7 Å². The van der Waals surface area contributed by atoms with E-state index in [4.69, 9.17) is 19.9 Å². The van der Waals surface area contributed by atoms with E-state index in [1.165, 1.54) is 0 Å². The van der Waals surface area contributed by atoms with E-state index >= 15 is 0 Å². The highest BCUT2D eigenvalue weighted by Crippen LogP contribution is 2.34. The number of nitrogens with two attached hydrogens (primary N) is 1. The molecule has 3 atom stereocenters. The van der Waals surface area contributed by atoms with E-state index in [0.29, 0.717) is 6.61 Å². The fourth-order valence-corrected chi connectivity index (χ4v) is 3.01. The van der Waals surface area contributed by atoms with Gasteiger partial charge in [-0.1, -0.05) is 12.1 Å². The lowest BCUT2D eigenvalue weighted by Gasteiger charge is -2.37. The van der Waals surface area contributed by atoms with Crippen LogP contribution >= 0.6 is 0 Å². The molecule has 0 saturated carbocycles. The molecule has 1 aromatic rings. The zero-order chi connectivity index (χ0) is 14.0. The Hall–Kier alpha value is -1.10. The number of hydrogen-bond acceptors (Lipinski definition) is 4. The van der Waals surface area contributed by atoms with Gasteiger partial charge < -0.3 is 19.9 Å². The average molecular weight is 277 g/mol. The SMILES string of the molecule is CC(N)c1cccc(OC2CCOC3(CCOC3)C2)c1. The lowest BCUT2D eigenvalue weighted by molar-refractivity contribution is -0.112. The second-order valence-corrected chi connectivity index (χ2v) is 5.93. The van der Waals surface area contributed by atoms with E-state index in [0.717, 1.165) is 43.8 Å². The van der Waals surface area contributed by atoms with Gasteiger partial charge in [-0.05, 0) is 24.6 Å². The molecule has 1 spiro atoms. The van der Waals surface area contributed by atoms with Crippen molar-refractivity contribution in [2.45, 2.75) is 43.9 Å². The summed E-state index contributed by atoms with van der Waals surface area (Å²) in [5, 5.41) is 0. The first kappa shape index (κ1) is 13.9. The molecule has 2 fully saturated rings. The molecule has 1 aromatic carbocycles. The van der Waals surface area contributed by atoms with Gasteiger partial charge in [0.1, 0.15) is 11.9 Å². The minimum Gasteiger partial charge on any atom is -0.490 e. The van der Waals surface area contributed by atoms with Crippen LogP contribution in [0.25, 0.3) is 0 Å². The van der Waals surface area contributed by atoms with Crippen LogP contribution in [-0.4, -0.2) is 31.5 Å². The molecule has 0 aliphatic carbocycles. The average Bonchev–Trinajstić information content (AvgIpc) is 2.87. The Kier molecular flexibility index (Phi) is 3.96. The van der Waals surface area contributed by atoms with Crippen LogP contribution in [0, 0.1) is 0 Å². The lowest BCUT2D eigenvalue weighted by Crippen LogP contribution is -2.44. The summed E-state index contributed by atoms with van der Waals surface area (Å²) in [4.78, 5) is 0. The molecule has 0 bridgehead atoms. The van der Waals surface area contributed by atoms with Gasteiger partial charge in [-0.15, -0.1) is 0 Å². The molecule has 2 N–H and O–H groups in total. The maximum Gasteiger partial charge on any atom is 0.120 e. The van der Waals surface area contributed by atoms with Gasteiger partial charge in [0, 0.05) is 31.9 Å². The summed E-state index contributed by atoms with van der Waals surface area (Å²) in [6, 6.07) is 8.11. The number of ether oxygens (including phenoxy) is 3. The zero-order valence-electron chi connectivity index (χ0n) is 12.0. The largest absolute Gasteiger partial charge is 0.490 e. The summed E-state index contributed by atoms with van der Waals surface area (Å²) in [5.74, 6) is 0.903. The molecule has 2 heterocycles. The summed E-state index contributed by atoms with van der Waals surface area (Å²) < 4.78 is 17.6. The van der Waals surface area contributed by atoms with E-state index in [1.54, 1.807) is 0 Å². The van der Waals surface area contributed by atoms with E-state index in [1.807, 2.05) is 31.2 Å². The zero-order valence-corrected chi connectivity index (χ0v) is 12.0. The normalized spacial score (nSPS) is 31.4. The van der Waals surface area contributed by atoms with E-state index < -0.39 is 0 Å². The van der Waals surface area contributed by atoms with Gasteiger partial charge >= 0.3 is 0 Å². The fraction of sp³-hybridized carbons (Fsp3) is 0.625. The minimum atomic E-state index is -0.109. The molecule has 3 rings (SSSR count). The third-order valence-corrected chi connectivity index (χ3v) is 4.20. The van der Waals surface area contributed by atoms with Crippen LogP contribution in [-0.2, 0) is 9.47 Å². The molecule has 0 radical (unpaired) electrons. The van der Waals surface area contributed by atoms with Gasteiger partial charge in [-0.25, -0.2) is 0 Å². The molecule has 0 aromatic heterocycles. The number of hydrogen-bond donors (Lipinski definition) is 1. The molecule has 2 aliphatic heterocycles. The highest BCUT2D eigenvalue weighted by molar-refractivity contribution is 5.30. The van der Waals surface area contributed by atoms with Crippen LogP contribution in [0.4, 0.5) is 0 Å². The maximum atomic E-state index is 6.14. The van der Waals surface area contributed by atoms with Crippen molar-refractivity contribution in [2.24, 2.45) is 5.73 Å². The summed E-state index contributed by atoms with van der Waals surface area (Å²) in [7, 11) is 0. The van der Waals surface area contributed by atoms with Gasteiger partial charge in [0.2, 0.25) is 0 Å². The molecule has 20 heavy (non-hydrogen) atoms. The van der Waals surface area contributed by atoms with Crippen LogP contribution in [0.2, 0.25) is 0 Å². The minimum absolute atomic E-state index is 0.0304. The van der Waals surface area contributed by atoms with Crippen molar-refractivity contribution in [1.82, 2.24) is 0 Å². The highest BCUT2D eigenvalue weighted by Gasteiger charge is 2.41. The standard InChI is InChI=1S/C16H23NO3/c1-12(17)13-3-2-4-14(9-13)20-15-5-7-19-16(10-15)6-8-18-11-16/h2-4,9,12,15H,5-8,10-11,17H2,1H3. The van der Waals surface area contributed by atoms with Gasteiger partial charge in [0.05, 0.1) is 18.8 Å². The maximum absolute atomic E-state index is 6.14. The summed E-state index contributed by atoms with van der Waals surface area (Å²) in [6.07, 6.45) is 3.03. The number of rotatable bonds is 3. The van der Waals surface area contributed by atoms with Gasteiger partial charge in [0.25, 0.3) is 0 Å². The Bertz CT molecular complexity index is 455. The van der Waals surface area contributed by atoms with E-state index in [9.17, 15) is 0 Å². The van der Waals surface area contributed by atoms with Gasteiger partial charge in [-0.3, -0.25) is 0 Å². The van der Waals surface area contributed by atoms with Gasteiger partial charge in [0.15, 0.2) is 0 Å². The van der Waals surface area contributed by atoms with Crippen molar-refractivity contribution in [3.8, 4) is 5.75 Å². The molecule has 4 heteroatoms. The third kappa shape index (κ3) is 2.97. The predicted octanol–water partition coefficient (Wildman–Crippen LogP) is 2.42. The second-order valence-electron chi connectivity index (χ2n) is 5.93. The van der Waals surface area contributed by atoms with Crippen molar-refractivity contribution in [2.75, 3.05) is 19.8 Å². The Morgan fingerprint density at radius 2 is 2.30 bits per heavy atom. The smallest absolute Gasteiger partial charge is 0.120 e. The van der Waals surface area contributed by atoms with Crippen molar-refractivity contribution in [3.05, 3.63) is 29.8 Å². The molecule has 2 aliphatic rings. The molecule has 2 saturated heterocycles. The summed E-state index contributed by atoms with van der Waals surface area (Å²) in [6.45, 7) is 4.24. The molecule has 3 unspecified atom stereocenters. The third-order valence-electron chi connectivity index (χ3n) is 4.20. The second kappa shape index (κ2) is 5.72. The van der Waals surface area contributed by atoms with Crippen LogP contribution in [0.3, 0.4) is 0 Å². The highest BCUT2D eigenvalue weighted by atomic mass is 16.6. The number of benzene rings is 1. The first-order valence-corrected chi connectivity index (χ1v) is 7.41. The Balaban J connectivity index is 1.66. The Morgan fingerprint density at radius 1 is 1.40 bits per heavy atom. The van der Waals surface area contributed by atoms with Crippen molar-refractivity contribution in [1.29, 1.82) is 0 Å². The Labute approximate surface area is 120 Å². The van der Waals surface area contributed by atoms with E-state index in [-0.39, 0.29) is 17.7 Å². The van der Waals surface area contributed by atoms with E-state index in [2.05, 4.69) is 0 Å². The van der Waals surface area contributed by atoms with Crippen LogP contribution in [0.5, 0.6) is 5.75 Å². The fourth-order valence-electron chi connectivity index (χ4n) is 3.01. The molecular formula is C16H23NO3. The summed E-state index contributed by atoms with van der Waals surface area (Å²) in [5.41, 5.74) is 6.91. The molecule has 0 amide bonds. The molecule has 4 nitrogen and oxygen atoms in total. The molecule has 110 valence electrons. The van der Waals surface area contributed by atoms with Crippen molar-refractivity contribution in [3.63, 3.8) is 0 Å². The predicted molar refractivity (Wildman–Crippen MR) is 76.8 cm³/mol. The van der Waals surface area contributed by atoms with Crippen molar-refractivity contribution >= 4 is 0 Å². The first-order valence-electron chi connectivity index (χ1n) is 7.41. The van der Waals surface area contributed by atoms with Crippen LogP contribution in [0.15, 0.2) is 24.3 Å². The monoisotopic (exact) mass is 277 g/mol. The quantitative estimate of drug-likeness (QED) is 0.922. The van der Waals surface area contributed by atoms with Crippen LogP contribution < -0.4 is 10.5 Å². The Morgan fingerprint density at radius 3 is 3.05 bits per heavy atom. The van der Waals surface area contributed by atoms with Crippen molar-refractivity contribution < 1.29 is 14.2 Å². The lowest BCUT2D eigenvalue weighted by atomic mass is 9.91.